The van der Waals surface area contributed by atoms with E-state index >= 15 is 0 Å². The average Bonchev–Trinajstić information content (AvgIpc) is 3.02. The predicted octanol–water partition coefficient (Wildman–Crippen LogP) is 1.55. The van der Waals surface area contributed by atoms with Gasteiger partial charge in [-0.25, -0.2) is 9.31 Å². The van der Waals surface area contributed by atoms with E-state index in [1.807, 2.05) is 6.92 Å². The van der Waals surface area contributed by atoms with Gasteiger partial charge in [-0.15, -0.1) is 0 Å². The maximum absolute atomic E-state index is 12.5. The van der Waals surface area contributed by atoms with Crippen LogP contribution in [0.15, 0.2) is 35.3 Å². The lowest BCUT2D eigenvalue weighted by atomic mass is 10.1. The van der Waals surface area contributed by atoms with Gasteiger partial charge in [0, 0.05) is 0 Å². The lowest BCUT2D eigenvalue weighted by molar-refractivity contribution is -0.139. The van der Waals surface area contributed by atoms with Crippen molar-refractivity contribution in [1.29, 1.82) is 0 Å². The summed E-state index contributed by atoms with van der Waals surface area (Å²) in [6.45, 7) is 1.95. The molecule has 25 heavy (non-hydrogen) atoms. The Bertz CT molecular complexity index is 1000. The number of carboxylic acids is 1. The number of fused-ring (bicyclic) bond motifs is 3. The molecule has 3 aromatic rings. The highest BCUT2D eigenvalue weighted by molar-refractivity contribution is 6.02. The topological polar surface area (TPSA) is 117 Å². The van der Waals surface area contributed by atoms with Crippen LogP contribution in [0.4, 0.5) is 0 Å². The fourth-order valence-electron chi connectivity index (χ4n) is 2.74. The van der Waals surface area contributed by atoms with E-state index in [0.717, 1.165) is 6.42 Å². The SMILES string of the molecule is CCCC[C@H](NC(=O)c1cnn2c1[nH]c(=O)c1ccccc12)C(=O)O. The third-order valence-electron chi connectivity index (χ3n) is 4.07. The number of H-pyrrole nitrogens is 1. The summed E-state index contributed by atoms with van der Waals surface area (Å²) in [5.41, 5.74) is 0.603. The Kier molecular flexibility index (Phi) is 4.51. The second-order valence-electron chi connectivity index (χ2n) is 5.80. The van der Waals surface area contributed by atoms with Gasteiger partial charge in [-0.2, -0.15) is 5.10 Å². The summed E-state index contributed by atoms with van der Waals surface area (Å²) >= 11 is 0. The van der Waals surface area contributed by atoms with E-state index in [0.29, 0.717) is 23.7 Å². The maximum Gasteiger partial charge on any atom is 0.326 e. The maximum atomic E-state index is 12.5. The zero-order chi connectivity index (χ0) is 18.0. The van der Waals surface area contributed by atoms with Gasteiger partial charge in [0.1, 0.15) is 17.3 Å². The minimum atomic E-state index is -1.09. The first-order chi connectivity index (χ1) is 12.0. The van der Waals surface area contributed by atoms with Gasteiger partial charge in [-0.05, 0) is 18.6 Å². The summed E-state index contributed by atoms with van der Waals surface area (Å²) in [6.07, 6.45) is 3.19. The number of rotatable bonds is 6. The molecular weight excluding hydrogens is 324 g/mol. The van der Waals surface area contributed by atoms with Crippen LogP contribution in [0.3, 0.4) is 0 Å². The number of carboxylic acid groups (broad SMARTS) is 1. The zero-order valence-electron chi connectivity index (χ0n) is 13.7. The standard InChI is InChI=1S/C17H18N4O4/c1-2-3-7-12(17(24)25)19-16(23)11-9-18-21-13-8-5-4-6-10(13)15(22)20-14(11)21/h4-6,8-9,12H,2-3,7H2,1H3,(H,19,23)(H,20,22)(H,24,25)/t12-/m0/s1. The van der Waals surface area contributed by atoms with Crippen LogP contribution in [0.5, 0.6) is 0 Å². The van der Waals surface area contributed by atoms with Crippen LogP contribution in [-0.2, 0) is 4.79 Å². The summed E-state index contributed by atoms with van der Waals surface area (Å²) in [6, 6.07) is 5.93. The lowest BCUT2D eigenvalue weighted by Gasteiger charge is -2.13. The lowest BCUT2D eigenvalue weighted by Crippen LogP contribution is -2.40. The quantitative estimate of drug-likeness (QED) is 0.628. The monoisotopic (exact) mass is 342 g/mol. The molecular formula is C17H18N4O4. The average molecular weight is 342 g/mol. The summed E-state index contributed by atoms with van der Waals surface area (Å²) in [5.74, 6) is -1.67. The largest absolute Gasteiger partial charge is 0.480 e. The van der Waals surface area contributed by atoms with Crippen molar-refractivity contribution in [1.82, 2.24) is 19.9 Å². The number of carbonyl (C=O) groups is 2. The summed E-state index contributed by atoms with van der Waals surface area (Å²) in [7, 11) is 0. The number of hydrogen-bond acceptors (Lipinski definition) is 4. The van der Waals surface area contributed by atoms with Crippen molar-refractivity contribution in [3.05, 3.63) is 46.4 Å². The Morgan fingerprint density at radius 2 is 2.12 bits per heavy atom. The van der Waals surface area contributed by atoms with Crippen molar-refractivity contribution in [3.8, 4) is 0 Å². The van der Waals surface area contributed by atoms with Crippen LogP contribution >= 0.6 is 0 Å². The number of nitrogens with one attached hydrogen (secondary N) is 2. The molecule has 0 aliphatic rings. The highest BCUT2D eigenvalue weighted by Gasteiger charge is 2.23. The molecule has 1 aromatic carbocycles. The molecule has 0 fully saturated rings. The predicted molar refractivity (Wildman–Crippen MR) is 91.7 cm³/mol. The van der Waals surface area contributed by atoms with Crippen LogP contribution in [0.2, 0.25) is 0 Å². The molecule has 0 saturated carbocycles. The number of hydrogen-bond donors (Lipinski definition) is 3. The van der Waals surface area contributed by atoms with Crippen LogP contribution in [-0.4, -0.2) is 37.6 Å². The van der Waals surface area contributed by atoms with Gasteiger partial charge >= 0.3 is 5.97 Å². The van der Waals surface area contributed by atoms with Crippen molar-refractivity contribution in [3.63, 3.8) is 0 Å². The number of para-hydroxylation sites is 1. The molecule has 1 atom stereocenters. The van der Waals surface area contributed by atoms with E-state index in [-0.39, 0.29) is 16.8 Å². The van der Waals surface area contributed by atoms with Crippen LogP contribution in [0.25, 0.3) is 16.6 Å². The molecule has 2 heterocycles. The number of carbonyl (C=O) groups excluding carboxylic acids is 1. The van der Waals surface area contributed by atoms with Gasteiger partial charge in [0.2, 0.25) is 0 Å². The van der Waals surface area contributed by atoms with Gasteiger partial charge in [0.15, 0.2) is 0 Å². The fraction of sp³-hybridized carbons (Fsp3) is 0.294. The fourth-order valence-corrected chi connectivity index (χ4v) is 2.74. The van der Waals surface area contributed by atoms with Crippen molar-refractivity contribution in [2.75, 3.05) is 0 Å². The third-order valence-corrected chi connectivity index (χ3v) is 4.07. The number of aromatic nitrogens is 3. The van der Waals surface area contributed by atoms with Crippen molar-refractivity contribution in [2.45, 2.75) is 32.2 Å². The Labute approximate surface area is 142 Å². The number of unbranched alkanes of at least 4 members (excludes halogenated alkanes) is 1. The third kappa shape index (κ3) is 3.10. The smallest absolute Gasteiger partial charge is 0.326 e. The Balaban J connectivity index is 2.00. The number of aromatic amines is 1. The first-order valence-electron chi connectivity index (χ1n) is 8.05. The van der Waals surface area contributed by atoms with Gasteiger partial charge in [0.25, 0.3) is 11.5 Å². The van der Waals surface area contributed by atoms with Crippen LogP contribution in [0, 0.1) is 0 Å². The number of benzene rings is 1. The van der Waals surface area contributed by atoms with E-state index in [1.54, 1.807) is 24.3 Å². The first kappa shape index (κ1) is 16.7. The van der Waals surface area contributed by atoms with E-state index < -0.39 is 17.9 Å². The van der Waals surface area contributed by atoms with Crippen molar-refractivity contribution < 1.29 is 14.7 Å². The number of aliphatic carboxylic acids is 1. The first-order valence-corrected chi connectivity index (χ1v) is 8.05. The van der Waals surface area contributed by atoms with Gasteiger partial charge in [-0.1, -0.05) is 31.9 Å². The zero-order valence-corrected chi connectivity index (χ0v) is 13.7. The summed E-state index contributed by atoms with van der Waals surface area (Å²) in [5, 5.41) is 16.4. The molecule has 0 saturated heterocycles. The molecule has 0 bridgehead atoms. The van der Waals surface area contributed by atoms with Crippen molar-refractivity contribution >= 4 is 28.4 Å². The van der Waals surface area contributed by atoms with E-state index in [4.69, 9.17) is 0 Å². The Hall–Kier alpha value is -3.16. The molecule has 3 N–H and O–H groups in total. The van der Waals surface area contributed by atoms with Gasteiger partial charge in [-0.3, -0.25) is 9.59 Å². The van der Waals surface area contributed by atoms with Crippen LogP contribution in [0.1, 0.15) is 36.5 Å². The molecule has 0 radical (unpaired) electrons. The molecule has 0 spiro atoms. The second-order valence-corrected chi connectivity index (χ2v) is 5.80. The van der Waals surface area contributed by atoms with Gasteiger partial charge in [0.05, 0.1) is 17.1 Å². The molecule has 3 rings (SSSR count). The molecule has 1 amide bonds. The molecule has 0 aliphatic heterocycles. The minimum absolute atomic E-state index is 0.130. The number of nitrogens with zero attached hydrogens (tertiary/aromatic N) is 2. The van der Waals surface area contributed by atoms with Gasteiger partial charge < -0.3 is 15.4 Å². The van der Waals surface area contributed by atoms with Crippen molar-refractivity contribution in [2.24, 2.45) is 0 Å². The van der Waals surface area contributed by atoms with E-state index in [2.05, 4.69) is 15.4 Å². The molecule has 0 aliphatic carbocycles. The molecule has 0 unspecified atom stereocenters. The highest BCUT2D eigenvalue weighted by atomic mass is 16.4. The summed E-state index contributed by atoms with van der Waals surface area (Å²) in [4.78, 5) is 38.7. The molecule has 8 nitrogen and oxygen atoms in total. The van der Waals surface area contributed by atoms with E-state index in [1.165, 1.54) is 10.7 Å². The normalized spacial score (nSPS) is 12.4. The number of amides is 1. The minimum Gasteiger partial charge on any atom is -0.480 e. The Morgan fingerprint density at radius 3 is 2.84 bits per heavy atom. The molecule has 8 heteroatoms. The van der Waals surface area contributed by atoms with Crippen LogP contribution < -0.4 is 10.9 Å². The molecule has 2 aromatic heterocycles. The second kappa shape index (κ2) is 6.76. The Morgan fingerprint density at radius 1 is 1.36 bits per heavy atom. The van der Waals surface area contributed by atoms with E-state index in [9.17, 15) is 19.5 Å². The molecule has 130 valence electrons. The highest BCUT2D eigenvalue weighted by Crippen LogP contribution is 2.14. The summed E-state index contributed by atoms with van der Waals surface area (Å²) < 4.78 is 1.47.